The molecule has 0 unspecified atom stereocenters. The van der Waals surface area contributed by atoms with Crippen LogP contribution in [0.5, 0.6) is 0 Å². The fraction of sp³-hybridized carbons (Fsp3) is 0. The number of hydrogen-bond acceptors (Lipinski definition) is 3. The molecule has 0 aliphatic heterocycles. The SMILES string of the molecule is [N-]=[N+]=Nc1cc(C(=O)Cl)ccc1C(=O)Cl. The number of halogens is 2. The Morgan fingerprint density at radius 3 is 2.40 bits per heavy atom. The van der Waals surface area contributed by atoms with Crippen LogP contribution >= 0.6 is 23.2 Å². The van der Waals surface area contributed by atoms with E-state index in [1.807, 2.05) is 0 Å². The van der Waals surface area contributed by atoms with Gasteiger partial charge in [0.2, 0.25) is 0 Å². The predicted molar refractivity (Wildman–Crippen MR) is 55.6 cm³/mol. The van der Waals surface area contributed by atoms with Crippen LogP contribution in [0, 0.1) is 0 Å². The van der Waals surface area contributed by atoms with E-state index >= 15 is 0 Å². The number of benzene rings is 1. The summed E-state index contributed by atoms with van der Waals surface area (Å²) < 4.78 is 0. The summed E-state index contributed by atoms with van der Waals surface area (Å²) in [6.07, 6.45) is 0. The van der Waals surface area contributed by atoms with E-state index in [-0.39, 0.29) is 16.8 Å². The summed E-state index contributed by atoms with van der Waals surface area (Å²) in [5, 5.41) is 1.75. The molecule has 0 saturated heterocycles. The van der Waals surface area contributed by atoms with Gasteiger partial charge in [0.15, 0.2) is 0 Å². The molecule has 1 rings (SSSR count). The van der Waals surface area contributed by atoms with Gasteiger partial charge in [-0.1, -0.05) is 5.11 Å². The van der Waals surface area contributed by atoms with Crippen molar-refractivity contribution in [3.05, 3.63) is 39.8 Å². The van der Waals surface area contributed by atoms with Crippen molar-refractivity contribution in [2.45, 2.75) is 0 Å². The average molecular weight is 244 g/mol. The summed E-state index contributed by atoms with van der Waals surface area (Å²) in [7, 11) is 0. The van der Waals surface area contributed by atoms with Gasteiger partial charge in [0.05, 0.1) is 5.69 Å². The van der Waals surface area contributed by atoms with Crippen molar-refractivity contribution in [2.75, 3.05) is 0 Å². The maximum atomic E-state index is 10.9. The van der Waals surface area contributed by atoms with E-state index in [9.17, 15) is 9.59 Å². The zero-order valence-electron chi connectivity index (χ0n) is 7.15. The molecule has 15 heavy (non-hydrogen) atoms. The third kappa shape index (κ3) is 2.70. The van der Waals surface area contributed by atoms with Gasteiger partial charge in [0.25, 0.3) is 10.5 Å². The second-order valence-electron chi connectivity index (χ2n) is 2.47. The zero-order chi connectivity index (χ0) is 11.4. The fourth-order valence-electron chi connectivity index (χ4n) is 0.951. The molecule has 1 aromatic carbocycles. The molecule has 0 aliphatic carbocycles. The molecule has 0 aromatic heterocycles. The number of carbonyl (C=O) groups is 2. The Bertz CT molecular complexity index is 481. The number of nitrogens with zero attached hydrogens (tertiary/aromatic N) is 3. The van der Waals surface area contributed by atoms with Crippen molar-refractivity contribution in [1.29, 1.82) is 0 Å². The molecule has 7 heteroatoms. The van der Waals surface area contributed by atoms with Crippen LogP contribution in [0.25, 0.3) is 10.4 Å². The standard InChI is InChI=1S/C8H3Cl2N3O2/c9-7(14)4-1-2-5(8(10)15)6(3-4)12-13-11/h1-3H. The van der Waals surface area contributed by atoms with Gasteiger partial charge in [0, 0.05) is 16.0 Å². The van der Waals surface area contributed by atoms with Crippen molar-refractivity contribution >= 4 is 39.4 Å². The van der Waals surface area contributed by atoms with Crippen LogP contribution < -0.4 is 0 Å². The van der Waals surface area contributed by atoms with E-state index in [0.29, 0.717) is 0 Å². The molecule has 0 radical (unpaired) electrons. The number of rotatable bonds is 3. The molecular formula is C8H3Cl2N3O2. The van der Waals surface area contributed by atoms with Crippen molar-refractivity contribution < 1.29 is 9.59 Å². The molecule has 0 N–H and O–H groups in total. The lowest BCUT2D eigenvalue weighted by Gasteiger charge is -2.00. The molecule has 0 atom stereocenters. The molecule has 0 bridgehead atoms. The van der Waals surface area contributed by atoms with E-state index in [1.54, 1.807) is 0 Å². The summed E-state index contributed by atoms with van der Waals surface area (Å²) in [4.78, 5) is 24.2. The van der Waals surface area contributed by atoms with Gasteiger partial charge >= 0.3 is 0 Å². The second kappa shape index (κ2) is 4.79. The highest BCUT2D eigenvalue weighted by molar-refractivity contribution is 6.69. The first-order chi connectivity index (χ1) is 7.06. The van der Waals surface area contributed by atoms with E-state index in [1.165, 1.54) is 18.2 Å². The molecule has 0 aliphatic rings. The molecule has 0 spiro atoms. The molecule has 0 fully saturated rings. The van der Waals surface area contributed by atoms with E-state index in [4.69, 9.17) is 28.7 Å². The van der Waals surface area contributed by atoms with Crippen LogP contribution in [-0.2, 0) is 0 Å². The molecule has 0 heterocycles. The summed E-state index contributed by atoms with van der Waals surface area (Å²) in [5.74, 6) is 0. The largest absolute Gasteiger partial charge is 0.276 e. The first-order valence-electron chi connectivity index (χ1n) is 3.65. The minimum atomic E-state index is -0.772. The summed E-state index contributed by atoms with van der Waals surface area (Å²) in [5.41, 5.74) is 8.37. The predicted octanol–water partition coefficient (Wildman–Crippen LogP) is 3.39. The molecule has 1 aromatic rings. The third-order valence-corrected chi connectivity index (χ3v) is 2.01. The highest BCUT2D eigenvalue weighted by Gasteiger charge is 2.10. The van der Waals surface area contributed by atoms with Crippen LogP contribution in [0.1, 0.15) is 20.7 Å². The van der Waals surface area contributed by atoms with Crippen LogP contribution in [0.4, 0.5) is 5.69 Å². The lowest BCUT2D eigenvalue weighted by Crippen LogP contribution is -1.93. The minimum Gasteiger partial charge on any atom is -0.276 e. The Morgan fingerprint density at radius 1 is 1.27 bits per heavy atom. The third-order valence-electron chi connectivity index (χ3n) is 1.59. The lowest BCUT2D eigenvalue weighted by molar-refractivity contribution is 0.107. The summed E-state index contributed by atoms with van der Waals surface area (Å²) in [6, 6.07) is 3.79. The molecule has 0 saturated carbocycles. The maximum absolute atomic E-state index is 10.9. The van der Waals surface area contributed by atoms with Gasteiger partial charge in [-0.3, -0.25) is 9.59 Å². The first-order valence-corrected chi connectivity index (χ1v) is 4.40. The number of azide groups is 1. The van der Waals surface area contributed by atoms with Gasteiger partial charge in [-0.15, -0.1) is 0 Å². The van der Waals surface area contributed by atoms with Crippen LogP contribution in [0.15, 0.2) is 23.3 Å². The molecule has 76 valence electrons. The molecular weight excluding hydrogens is 241 g/mol. The Kier molecular flexibility index (Phi) is 3.68. The second-order valence-corrected chi connectivity index (χ2v) is 3.16. The Labute approximate surface area is 94.2 Å². The quantitative estimate of drug-likeness (QED) is 0.353. The molecule has 5 nitrogen and oxygen atoms in total. The highest BCUT2D eigenvalue weighted by atomic mass is 35.5. The minimum absolute atomic E-state index is 0.0241. The Balaban J connectivity index is 3.39. The van der Waals surface area contributed by atoms with Crippen LogP contribution in [0.2, 0.25) is 0 Å². The highest BCUT2D eigenvalue weighted by Crippen LogP contribution is 2.23. The Morgan fingerprint density at radius 2 is 1.93 bits per heavy atom. The van der Waals surface area contributed by atoms with E-state index < -0.39 is 10.5 Å². The number of carbonyl (C=O) groups excluding carboxylic acids is 2. The normalized spacial score (nSPS) is 9.20. The summed E-state index contributed by atoms with van der Waals surface area (Å²) in [6.45, 7) is 0. The topological polar surface area (TPSA) is 82.9 Å². The van der Waals surface area contributed by atoms with Crippen LogP contribution in [0.3, 0.4) is 0 Å². The monoisotopic (exact) mass is 243 g/mol. The zero-order valence-corrected chi connectivity index (χ0v) is 8.66. The first kappa shape index (κ1) is 11.5. The fourth-order valence-corrected chi connectivity index (χ4v) is 1.23. The van der Waals surface area contributed by atoms with Gasteiger partial charge in [-0.25, -0.2) is 0 Å². The van der Waals surface area contributed by atoms with Crippen molar-refractivity contribution in [3.8, 4) is 0 Å². The van der Waals surface area contributed by atoms with E-state index in [0.717, 1.165) is 0 Å². The van der Waals surface area contributed by atoms with Crippen LogP contribution in [-0.4, -0.2) is 10.5 Å². The smallest absolute Gasteiger partial charge is 0.252 e. The van der Waals surface area contributed by atoms with Crippen molar-refractivity contribution in [3.63, 3.8) is 0 Å². The molecule has 0 amide bonds. The van der Waals surface area contributed by atoms with Gasteiger partial charge in [0.1, 0.15) is 0 Å². The maximum Gasteiger partial charge on any atom is 0.252 e. The van der Waals surface area contributed by atoms with Crippen molar-refractivity contribution in [2.24, 2.45) is 5.11 Å². The van der Waals surface area contributed by atoms with Gasteiger partial charge < -0.3 is 0 Å². The average Bonchev–Trinajstić information content (AvgIpc) is 2.17. The van der Waals surface area contributed by atoms with Crippen molar-refractivity contribution in [1.82, 2.24) is 0 Å². The number of hydrogen-bond donors (Lipinski definition) is 0. The summed E-state index contributed by atoms with van der Waals surface area (Å²) >= 11 is 10.5. The van der Waals surface area contributed by atoms with E-state index in [2.05, 4.69) is 10.0 Å². The lowest BCUT2D eigenvalue weighted by atomic mass is 10.1. The van der Waals surface area contributed by atoms with Gasteiger partial charge in [-0.2, -0.15) is 0 Å². The Hall–Kier alpha value is -1.55. The van der Waals surface area contributed by atoms with Gasteiger partial charge in [-0.05, 0) is 46.9 Å².